The van der Waals surface area contributed by atoms with Crippen molar-refractivity contribution in [2.45, 2.75) is 25.9 Å². The largest absolute Gasteiger partial charge is 0.448 e. The Morgan fingerprint density at radius 3 is 3.20 bits per heavy atom. The number of rotatable bonds is 3. The summed E-state index contributed by atoms with van der Waals surface area (Å²) in [6.45, 7) is 3.05. The SMILES string of the molecule is Cc1nc(C(=O)NCC2CCCO2)co1. The Balaban J connectivity index is 1.81. The molecular weight excluding hydrogens is 196 g/mol. The van der Waals surface area contributed by atoms with Crippen LogP contribution in [0.1, 0.15) is 29.2 Å². The van der Waals surface area contributed by atoms with Crippen molar-refractivity contribution >= 4 is 5.91 Å². The number of oxazole rings is 1. The monoisotopic (exact) mass is 210 g/mol. The number of amides is 1. The molecular formula is C10H14N2O3. The standard InChI is InChI=1S/C10H14N2O3/c1-7-12-9(6-15-7)10(13)11-5-8-3-2-4-14-8/h6,8H,2-5H2,1H3,(H,11,13). The fourth-order valence-corrected chi connectivity index (χ4v) is 1.57. The van der Waals surface area contributed by atoms with Gasteiger partial charge in [-0.25, -0.2) is 4.98 Å². The smallest absolute Gasteiger partial charge is 0.273 e. The van der Waals surface area contributed by atoms with Crippen LogP contribution in [0.2, 0.25) is 0 Å². The number of carbonyl (C=O) groups excluding carboxylic acids is 1. The second kappa shape index (κ2) is 4.44. The lowest BCUT2D eigenvalue weighted by molar-refractivity contribution is 0.0853. The third-order valence-corrected chi connectivity index (χ3v) is 2.37. The van der Waals surface area contributed by atoms with Gasteiger partial charge in [-0.1, -0.05) is 0 Å². The lowest BCUT2D eigenvalue weighted by atomic mass is 10.2. The summed E-state index contributed by atoms with van der Waals surface area (Å²) in [6, 6.07) is 0. The lowest BCUT2D eigenvalue weighted by Gasteiger charge is -2.09. The zero-order valence-electron chi connectivity index (χ0n) is 8.66. The Labute approximate surface area is 87.8 Å². The summed E-state index contributed by atoms with van der Waals surface area (Å²) in [5.41, 5.74) is 0.325. The van der Waals surface area contributed by atoms with Gasteiger partial charge in [0.2, 0.25) is 0 Å². The first-order valence-electron chi connectivity index (χ1n) is 5.07. The van der Waals surface area contributed by atoms with Crippen molar-refractivity contribution in [2.75, 3.05) is 13.2 Å². The quantitative estimate of drug-likeness (QED) is 0.804. The molecule has 82 valence electrons. The minimum atomic E-state index is -0.206. The zero-order valence-corrected chi connectivity index (χ0v) is 8.66. The van der Waals surface area contributed by atoms with Crippen LogP contribution in [0.25, 0.3) is 0 Å². The molecule has 1 fully saturated rings. The molecule has 0 bridgehead atoms. The van der Waals surface area contributed by atoms with Crippen molar-refractivity contribution in [1.29, 1.82) is 0 Å². The molecule has 1 aromatic heterocycles. The number of nitrogens with zero attached hydrogens (tertiary/aromatic N) is 1. The fourth-order valence-electron chi connectivity index (χ4n) is 1.57. The molecule has 5 nitrogen and oxygen atoms in total. The van der Waals surface area contributed by atoms with Crippen LogP contribution in [-0.2, 0) is 4.74 Å². The molecule has 1 unspecified atom stereocenters. The average Bonchev–Trinajstić information content (AvgIpc) is 2.84. The van der Waals surface area contributed by atoms with E-state index < -0.39 is 0 Å². The minimum absolute atomic E-state index is 0.155. The summed E-state index contributed by atoms with van der Waals surface area (Å²) in [7, 11) is 0. The molecule has 0 spiro atoms. The summed E-state index contributed by atoms with van der Waals surface area (Å²) in [5, 5.41) is 2.77. The number of aryl methyl sites for hydroxylation is 1. The van der Waals surface area contributed by atoms with E-state index in [2.05, 4.69) is 10.3 Å². The van der Waals surface area contributed by atoms with Gasteiger partial charge in [-0.3, -0.25) is 4.79 Å². The Morgan fingerprint density at radius 2 is 2.60 bits per heavy atom. The normalized spacial score (nSPS) is 20.5. The van der Waals surface area contributed by atoms with Crippen molar-refractivity contribution in [3.05, 3.63) is 17.8 Å². The molecule has 5 heteroatoms. The van der Waals surface area contributed by atoms with E-state index in [0.717, 1.165) is 19.4 Å². The van der Waals surface area contributed by atoms with Gasteiger partial charge in [0.05, 0.1) is 6.10 Å². The van der Waals surface area contributed by atoms with Crippen molar-refractivity contribution in [3.8, 4) is 0 Å². The Morgan fingerprint density at radius 1 is 1.73 bits per heavy atom. The van der Waals surface area contributed by atoms with E-state index in [9.17, 15) is 4.79 Å². The predicted octanol–water partition coefficient (Wildman–Crippen LogP) is 0.892. The number of hydrogen-bond donors (Lipinski definition) is 1. The second-order valence-electron chi connectivity index (χ2n) is 3.60. The van der Waals surface area contributed by atoms with E-state index in [1.54, 1.807) is 6.92 Å². The zero-order chi connectivity index (χ0) is 10.7. The second-order valence-corrected chi connectivity index (χ2v) is 3.60. The van der Waals surface area contributed by atoms with Gasteiger partial charge in [-0.05, 0) is 12.8 Å². The van der Waals surface area contributed by atoms with Crippen LogP contribution in [0.5, 0.6) is 0 Å². The van der Waals surface area contributed by atoms with Crippen molar-refractivity contribution in [2.24, 2.45) is 0 Å². The number of aromatic nitrogens is 1. The molecule has 0 aromatic carbocycles. The maximum atomic E-state index is 11.5. The van der Waals surface area contributed by atoms with E-state index >= 15 is 0 Å². The third-order valence-electron chi connectivity index (χ3n) is 2.37. The van der Waals surface area contributed by atoms with E-state index in [4.69, 9.17) is 9.15 Å². The summed E-state index contributed by atoms with van der Waals surface area (Å²) in [5.74, 6) is 0.291. The van der Waals surface area contributed by atoms with Gasteiger partial charge in [0.25, 0.3) is 5.91 Å². The van der Waals surface area contributed by atoms with Crippen LogP contribution in [-0.4, -0.2) is 30.1 Å². The first-order chi connectivity index (χ1) is 7.25. The van der Waals surface area contributed by atoms with Crippen LogP contribution >= 0.6 is 0 Å². The highest BCUT2D eigenvalue weighted by atomic mass is 16.5. The van der Waals surface area contributed by atoms with Gasteiger partial charge in [0.15, 0.2) is 11.6 Å². The molecule has 0 aliphatic carbocycles. The topological polar surface area (TPSA) is 64.4 Å². The molecule has 1 saturated heterocycles. The van der Waals surface area contributed by atoms with E-state index in [1.165, 1.54) is 6.26 Å². The van der Waals surface area contributed by atoms with Gasteiger partial charge in [0.1, 0.15) is 6.26 Å². The summed E-state index contributed by atoms with van der Waals surface area (Å²) in [4.78, 5) is 15.5. The number of carbonyl (C=O) groups is 1. The predicted molar refractivity (Wildman–Crippen MR) is 52.5 cm³/mol. The van der Waals surface area contributed by atoms with Crippen LogP contribution in [0.15, 0.2) is 10.7 Å². The van der Waals surface area contributed by atoms with Crippen LogP contribution < -0.4 is 5.32 Å². The molecule has 0 radical (unpaired) electrons. The average molecular weight is 210 g/mol. The molecule has 1 aliphatic heterocycles. The molecule has 2 heterocycles. The third kappa shape index (κ3) is 2.56. The first kappa shape index (κ1) is 10.2. The van der Waals surface area contributed by atoms with Crippen molar-refractivity contribution in [1.82, 2.24) is 10.3 Å². The number of ether oxygens (including phenoxy) is 1. The molecule has 15 heavy (non-hydrogen) atoms. The van der Waals surface area contributed by atoms with Crippen molar-refractivity contribution in [3.63, 3.8) is 0 Å². The van der Waals surface area contributed by atoms with E-state index in [0.29, 0.717) is 18.1 Å². The highest BCUT2D eigenvalue weighted by Gasteiger charge is 2.17. The van der Waals surface area contributed by atoms with Gasteiger partial charge in [-0.2, -0.15) is 0 Å². The molecule has 1 aliphatic rings. The maximum Gasteiger partial charge on any atom is 0.273 e. The van der Waals surface area contributed by atoms with Crippen molar-refractivity contribution < 1.29 is 13.9 Å². The number of nitrogens with one attached hydrogen (secondary N) is 1. The fraction of sp³-hybridized carbons (Fsp3) is 0.600. The summed E-state index contributed by atoms with van der Waals surface area (Å²) < 4.78 is 10.3. The van der Waals surface area contributed by atoms with Gasteiger partial charge < -0.3 is 14.5 Å². The Bertz CT molecular complexity index is 342. The molecule has 1 N–H and O–H groups in total. The molecule has 1 amide bonds. The summed E-state index contributed by atoms with van der Waals surface area (Å²) >= 11 is 0. The molecule has 1 aromatic rings. The van der Waals surface area contributed by atoms with Crippen LogP contribution in [0.4, 0.5) is 0 Å². The van der Waals surface area contributed by atoms with E-state index in [-0.39, 0.29) is 12.0 Å². The van der Waals surface area contributed by atoms with E-state index in [1.807, 2.05) is 0 Å². The molecule has 0 saturated carbocycles. The Kier molecular flexibility index (Phi) is 3.01. The first-order valence-corrected chi connectivity index (χ1v) is 5.07. The van der Waals surface area contributed by atoms with Crippen LogP contribution in [0, 0.1) is 6.92 Å². The molecule has 1 atom stereocenters. The van der Waals surface area contributed by atoms with Gasteiger partial charge in [0, 0.05) is 20.1 Å². The highest BCUT2D eigenvalue weighted by molar-refractivity contribution is 5.91. The summed E-state index contributed by atoms with van der Waals surface area (Å²) in [6.07, 6.45) is 3.60. The lowest BCUT2D eigenvalue weighted by Crippen LogP contribution is -2.31. The number of hydrogen-bond acceptors (Lipinski definition) is 4. The van der Waals surface area contributed by atoms with Gasteiger partial charge in [-0.15, -0.1) is 0 Å². The highest BCUT2D eigenvalue weighted by Crippen LogP contribution is 2.10. The van der Waals surface area contributed by atoms with Crippen LogP contribution in [0.3, 0.4) is 0 Å². The maximum absolute atomic E-state index is 11.5. The minimum Gasteiger partial charge on any atom is -0.448 e. The molecule has 2 rings (SSSR count). The van der Waals surface area contributed by atoms with Gasteiger partial charge >= 0.3 is 0 Å². The Hall–Kier alpha value is -1.36.